The second-order valence-corrected chi connectivity index (χ2v) is 6.40. The highest BCUT2D eigenvalue weighted by Gasteiger charge is 2.17. The van der Waals surface area contributed by atoms with E-state index in [1.54, 1.807) is 24.3 Å². The van der Waals surface area contributed by atoms with Crippen LogP contribution in [0.15, 0.2) is 28.7 Å². The predicted molar refractivity (Wildman–Crippen MR) is 102 cm³/mol. The summed E-state index contributed by atoms with van der Waals surface area (Å²) < 4.78 is 15.9. The Morgan fingerprint density at radius 1 is 0.962 bits per heavy atom. The van der Waals surface area contributed by atoms with E-state index in [4.69, 9.17) is 14.2 Å². The quantitative estimate of drug-likeness (QED) is 0.734. The van der Waals surface area contributed by atoms with Gasteiger partial charge in [-0.2, -0.15) is 0 Å². The lowest BCUT2D eigenvalue weighted by molar-refractivity contribution is 0.0599. The summed E-state index contributed by atoms with van der Waals surface area (Å²) in [5.41, 5.74) is 2.95. The number of carbonyl (C=O) groups excluding carboxylic acids is 2. The minimum Gasteiger partial charge on any atom is -0.495 e. The molecule has 2 aromatic rings. The highest BCUT2D eigenvalue weighted by atomic mass is 79.9. The first-order valence-electron chi connectivity index (χ1n) is 7.74. The number of hydrogen-bond donors (Lipinski definition) is 1. The molecule has 0 saturated heterocycles. The summed E-state index contributed by atoms with van der Waals surface area (Å²) in [4.78, 5) is 24.6. The van der Waals surface area contributed by atoms with Gasteiger partial charge in [0.25, 0.3) is 5.91 Å². The van der Waals surface area contributed by atoms with Gasteiger partial charge < -0.3 is 19.5 Å². The number of esters is 1. The van der Waals surface area contributed by atoms with Crippen molar-refractivity contribution in [2.45, 2.75) is 13.8 Å². The second-order valence-electron chi connectivity index (χ2n) is 5.61. The van der Waals surface area contributed by atoms with Gasteiger partial charge in [-0.25, -0.2) is 4.79 Å². The number of rotatable bonds is 5. The maximum atomic E-state index is 12.7. The van der Waals surface area contributed by atoms with Crippen LogP contribution in [0, 0.1) is 13.8 Å². The minimum absolute atomic E-state index is 0.354. The van der Waals surface area contributed by atoms with E-state index in [2.05, 4.69) is 21.2 Å². The molecule has 0 saturated carbocycles. The smallest absolute Gasteiger partial charge is 0.338 e. The van der Waals surface area contributed by atoms with Crippen molar-refractivity contribution in [3.63, 3.8) is 0 Å². The van der Waals surface area contributed by atoms with Crippen molar-refractivity contribution in [1.29, 1.82) is 0 Å². The average Bonchev–Trinajstić information content (AvgIpc) is 2.63. The van der Waals surface area contributed by atoms with E-state index < -0.39 is 5.97 Å². The molecule has 0 fully saturated rings. The van der Waals surface area contributed by atoms with Gasteiger partial charge >= 0.3 is 5.97 Å². The Morgan fingerprint density at radius 2 is 1.54 bits per heavy atom. The van der Waals surface area contributed by atoms with Crippen LogP contribution in [0.3, 0.4) is 0 Å². The van der Waals surface area contributed by atoms with Crippen molar-refractivity contribution in [1.82, 2.24) is 0 Å². The van der Waals surface area contributed by atoms with E-state index in [-0.39, 0.29) is 5.91 Å². The van der Waals surface area contributed by atoms with E-state index in [1.807, 2.05) is 13.8 Å². The molecule has 0 radical (unpaired) electrons. The molecule has 0 bridgehead atoms. The van der Waals surface area contributed by atoms with Crippen LogP contribution in [-0.4, -0.2) is 33.2 Å². The lowest BCUT2D eigenvalue weighted by Gasteiger charge is -2.14. The highest BCUT2D eigenvalue weighted by molar-refractivity contribution is 9.10. The van der Waals surface area contributed by atoms with Crippen LogP contribution in [-0.2, 0) is 4.74 Å². The number of halogens is 1. The van der Waals surface area contributed by atoms with Crippen LogP contribution in [0.1, 0.15) is 31.8 Å². The lowest BCUT2D eigenvalue weighted by atomic mass is 10.0. The van der Waals surface area contributed by atoms with Gasteiger partial charge in [-0.1, -0.05) is 0 Å². The van der Waals surface area contributed by atoms with E-state index in [9.17, 15) is 9.59 Å². The molecule has 2 rings (SSSR count). The summed E-state index contributed by atoms with van der Waals surface area (Å²) in [5.74, 6) is 0.150. The largest absolute Gasteiger partial charge is 0.495 e. The number of aryl methyl sites for hydroxylation is 1. The zero-order valence-corrected chi connectivity index (χ0v) is 16.8. The summed E-state index contributed by atoms with van der Waals surface area (Å²) in [5, 5.41) is 2.79. The van der Waals surface area contributed by atoms with Crippen molar-refractivity contribution < 1.29 is 23.8 Å². The number of nitrogens with one attached hydrogen (secondary N) is 1. The van der Waals surface area contributed by atoms with Crippen LogP contribution in [0.4, 0.5) is 5.69 Å². The Hall–Kier alpha value is -2.54. The molecular weight excluding hydrogens is 402 g/mol. The number of hydrogen-bond acceptors (Lipinski definition) is 5. The molecule has 1 amide bonds. The standard InChI is InChI=1S/C19H20BrNO5/c1-10-6-13(9-14(11(10)2)19(23)26-5)21-18(22)12-7-15(24-3)17(20)16(8-12)25-4/h6-9H,1-5H3,(H,21,22). The molecule has 0 spiro atoms. The van der Waals surface area contributed by atoms with Crippen LogP contribution >= 0.6 is 15.9 Å². The third-order valence-electron chi connectivity index (χ3n) is 4.04. The number of benzene rings is 2. The molecule has 0 aliphatic heterocycles. The average molecular weight is 422 g/mol. The molecule has 6 nitrogen and oxygen atoms in total. The highest BCUT2D eigenvalue weighted by Crippen LogP contribution is 2.35. The Balaban J connectivity index is 2.39. The van der Waals surface area contributed by atoms with Crippen LogP contribution in [0.25, 0.3) is 0 Å². The Bertz CT molecular complexity index is 838. The van der Waals surface area contributed by atoms with Gasteiger partial charge in [0.05, 0.1) is 26.9 Å². The summed E-state index contributed by atoms with van der Waals surface area (Å²) in [6.07, 6.45) is 0. The van der Waals surface area contributed by atoms with Gasteiger partial charge in [0.2, 0.25) is 0 Å². The monoisotopic (exact) mass is 421 g/mol. The number of anilines is 1. The normalized spacial score (nSPS) is 10.2. The topological polar surface area (TPSA) is 73.9 Å². The van der Waals surface area contributed by atoms with E-state index in [1.165, 1.54) is 21.3 Å². The summed E-state index contributed by atoms with van der Waals surface area (Å²) in [6.45, 7) is 3.70. The van der Waals surface area contributed by atoms with E-state index in [0.717, 1.165) is 11.1 Å². The molecule has 0 heterocycles. The second kappa shape index (κ2) is 8.23. The molecule has 0 aliphatic rings. The molecule has 138 valence electrons. The SMILES string of the molecule is COC(=O)c1cc(NC(=O)c2cc(OC)c(Br)c(OC)c2)cc(C)c1C. The van der Waals surface area contributed by atoms with Gasteiger partial charge in [0.1, 0.15) is 16.0 Å². The lowest BCUT2D eigenvalue weighted by Crippen LogP contribution is -2.14. The molecule has 0 aromatic heterocycles. The molecule has 0 atom stereocenters. The van der Waals surface area contributed by atoms with Gasteiger partial charge in [-0.3, -0.25) is 4.79 Å². The third-order valence-corrected chi connectivity index (χ3v) is 4.82. The summed E-state index contributed by atoms with van der Waals surface area (Å²) >= 11 is 3.37. The number of methoxy groups -OCH3 is 3. The fourth-order valence-corrected chi connectivity index (χ4v) is 3.01. The van der Waals surface area contributed by atoms with E-state index >= 15 is 0 Å². The Kier molecular flexibility index (Phi) is 6.26. The first-order valence-corrected chi connectivity index (χ1v) is 8.54. The molecule has 7 heteroatoms. The molecular formula is C19H20BrNO5. The minimum atomic E-state index is -0.450. The molecule has 26 heavy (non-hydrogen) atoms. The maximum absolute atomic E-state index is 12.7. The first-order chi connectivity index (χ1) is 12.3. The van der Waals surface area contributed by atoms with Crippen LogP contribution in [0.2, 0.25) is 0 Å². The summed E-state index contributed by atoms with van der Waals surface area (Å²) in [6, 6.07) is 6.60. The van der Waals surface area contributed by atoms with Crippen molar-refractivity contribution in [3.8, 4) is 11.5 Å². The number of carbonyl (C=O) groups is 2. The fourth-order valence-electron chi connectivity index (χ4n) is 2.46. The van der Waals surface area contributed by atoms with E-state index in [0.29, 0.717) is 32.8 Å². The first kappa shape index (κ1) is 19.8. The maximum Gasteiger partial charge on any atom is 0.338 e. The third kappa shape index (κ3) is 3.99. The Morgan fingerprint density at radius 3 is 2.04 bits per heavy atom. The van der Waals surface area contributed by atoms with Gasteiger partial charge in [-0.15, -0.1) is 0 Å². The van der Waals surface area contributed by atoms with Gasteiger partial charge in [0, 0.05) is 11.3 Å². The molecule has 0 unspecified atom stereocenters. The van der Waals surface area contributed by atoms with Gasteiger partial charge in [0.15, 0.2) is 0 Å². The zero-order valence-electron chi connectivity index (χ0n) is 15.2. The molecule has 0 aliphatic carbocycles. The zero-order chi connectivity index (χ0) is 19.4. The molecule has 2 aromatic carbocycles. The van der Waals surface area contributed by atoms with Crippen molar-refractivity contribution >= 4 is 33.5 Å². The number of amides is 1. The Labute approximate surface area is 160 Å². The predicted octanol–water partition coefficient (Wildman–Crippen LogP) is 4.12. The van der Waals surface area contributed by atoms with Crippen molar-refractivity contribution in [2.75, 3.05) is 26.6 Å². The van der Waals surface area contributed by atoms with Crippen molar-refractivity contribution in [2.24, 2.45) is 0 Å². The van der Waals surface area contributed by atoms with Crippen LogP contribution in [0.5, 0.6) is 11.5 Å². The fraction of sp³-hybridized carbons (Fsp3) is 0.263. The number of ether oxygens (including phenoxy) is 3. The summed E-state index contributed by atoms with van der Waals surface area (Å²) in [7, 11) is 4.34. The van der Waals surface area contributed by atoms with Crippen LogP contribution < -0.4 is 14.8 Å². The van der Waals surface area contributed by atoms with Gasteiger partial charge in [-0.05, 0) is 65.2 Å². The molecule has 1 N–H and O–H groups in total. The van der Waals surface area contributed by atoms with Crippen molar-refractivity contribution in [3.05, 3.63) is 51.0 Å².